The fraction of sp³-hybridized carbons (Fsp3) is 0.500. The zero-order valence-electron chi connectivity index (χ0n) is 46.3. The molecule has 5 amide bonds. The Balaban J connectivity index is 0.882. The number of H-pyrrole nitrogens is 2. The number of imidazole rings is 2. The van der Waals surface area contributed by atoms with E-state index in [0.29, 0.717) is 42.8 Å². The molecule has 0 spiro atoms. The van der Waals surface area contributed by atoms with Crippen LogP contribution in [0.4, 0.5) is 14.4 Å². The highest BCUT2D eigenvalue weighted by molar-refractivity contribution is 5.88. The maximum absolute atomic E-state index is 14.8. The molecule has 4 N–H and O–H groups in total. The van der Waals surface area contributed by atoms with Crippen LogP contribution < -0.4 is 20.1 Å². The van der Waals surface area contributed by atoms with Crippen molar-refractivity contribution in [2.45, 2.75) is 157 Å². The molecule has 5 aromatic rings. The van der Waals surface area contributed by atoms with Gasteiger partial charge in [0.15, 0.2) is 11.5 Å². The molecule has 2 saturated heterocycles. The molecule has 19 heteroatoms. The smallest absolute Gasteiger partial charge is 0.410 e. The van der Waals surface area contributed by atoms with Crippen LogP contribution in [0.2, 0.25) is 0 Å². The molecular formula is C58H73N9O10. The van der Waals surface area contributed by atoms with Gasteiger partial charge in [-0.1, -0.05) is 90.1 Å². The summed E-state index contributed by atoms with van der Waals surface area (Å²) in [5.41, 5.74) is 4.50. The van der Waals surface area contributed by atoms with Gasteiger partial charge < -0.3 is 54.1 Å². The Morgan fingerprint density at radius 2 is 1.06 bits per heavy atom. The molecule has 0 radical (unpaired) electrons. The Labute approximate surface area is 450 Å². The van der Waals surface area contributed by atoms with Crippen LogP contribution in [0.5, 0.6) is 11.5 Å². The quantitative estimate of drug-likeness (QED) is 0.0960. The van der Waals surface area contributed by atoms with E-state index >= 15 is 0 Å². The van der Waals surface area contributed by atoms with E-state index < -0.39 is 64.5 Å². The lowest BCUT2D eigenvalue weighted by Gasteiger charge is -2.35. The van der Waals surface area contributed by atoms with Gasteiger partial charge in [0.25, 0.3) is 0 Å². The van der Waals surface area contributed by atoms with Crippen molar-refractivity contribution in [1.82, 2.24) is 45.3 Å². The zero-order chi connectivity index (χ0) is 55.4. The third-order valence-electron chi connectivity index (χ3n) is 14.1. The number of ether oxygens (including phenoxy) is 5. The highest BCUT2D eigenvalue weighted by atomic mass is 16.7. The lowest BCUT2D eigenvalue weighted by molar-refractivity contribution is -0.138. The molecule has 77 heavy (non-hydrogen) atoms. The van der Waals surface area contributed by atoms with Crippen molar-refractivity contribution in [3.63, 3.8) is 0 Å². The van der Waals surface area contributed by atoms with Crippen LogP contribution in [0, 0.1) is 10.8 Å². The van der Waals surface area contributed by atoms with Gasteiger partial charge in [0.2, 0.25) is 18.6 Å². The summed E-state index contributed by atoms with van der Waals surface area (Å²) in [6.45, 7) is 23.5. The normalized spacial score (nSPS) is 19.2. The molecule has 5 atom stereocenters. The Kier molecular flexibility index (Phi) is 14.6. The average molecular weight is 1060 g/mol. The molecule has 2 fully saturated rings. The fourth-order valence-corrected chi connectivity index (χ4v) is 10.3. The van der Waals surface area contributed by atoms with Gasteiger partial charge >= 0.3 is 18.3 Å². The van der Waals surface area contributed by atoms with Crippen LogP contribution in [-0.2, 0) is 36.9 Å². The number of hydrogen-bond acceptors (Lipinski definition) is 12. The Morgan fingerprint density at radius 1 is 0.623 bits per heavy atom. The summed E-state index contributed by atoms with van der Waals surface area (Å²) in [5.74, 6) is 1.97. The first kappa shape index (κ1) is 54.2. The van der Waals surface area contributed by atoms with Crippen LogP contribution in [0.3, 0.4) is 0 Å². The first-order valence-corrected chi connectivity index (χ1v) is 26.5. The first-order valence-electron chi connectivity index (χ1n) is 26.5. The summed E-state index contributed by atoms with van der Waals surface area (Å²) in [4.78, 5) is 90.2. The molecule has 3 aromatic carbocycles. The number of fused-ring (bicyclic) bond motifs is 2. The van der Waals surface area contributed by atoms with Gasteiger partial charge in [-0.3, -0.25) is 14.5 Å². The third-order valence-corrected chi connectivity index (χ3v) is 14.1. The van der Waals surface area contributed by atoms with Crippen molar-refractivity contribution >= 4 is 30.1 Å². The second-order valence-corrected chi connectivity index (χ2v) is 24.7. The van der Waals surface area contributed by atoms with Crippen LogP contribution in [-0.4, -0.2) is 114 Å². The van der Waals surface area contributed by atoms with Crippen LogP contribution >= 0.6 is 0 Å². The number of benzene rings is 3. The summed E-state index contributed by atoms with van der Waals surface area (Å²) in [6, 6.07) is 17.4. The van der Waals surface area contributed by atoms with E-state index in [4.69, 9.17) is 33.7 Å². The summed E-state index contributed by atoms with van der Waals surface area (Å²) in [7, 11) is 0. The van der Waals surface area contributed by atoms with Crippen molar-refractivity contribution in [2.75, 3.05) is 19.9 Å². The van der Waals surface area contributed by atoms with Crippen molar-refractivity contribution < 1.29 is 47.7 Å². The lowest BCUT2D eigenvalue weighted by Crippen LogP contribution is -2.55. The highest BCUT2D eigenvalue weighted by Crippen LogP contribution is 2.41. The fourth-order valence-electron chi connectivity index (χ4n) is 10.3. The van der Waals surface area contributed by atoms with E-state index in [2.05, 4.69) is 32.7 Å². The topological polar surface area (TPSA) is 223 Å². The number of carbonyl (C=O) groups excluding carboxylic acids is 5. The number of aromatic amines is 2. The third kappa shape index (κ3) is 12.3. The summed E-state index contributed by atoms with van der Waals surface area (Å²) >= 11 is 0. The number of carbonyl (C=O) groups is 5. The van der Waals surface area contributed by atoms with E-state index in [1.165, 1.54) is 0 Å². The monoisotopic (exact) mass is 1060 g/mol. The molecule has 9 rings (SSSR count). The second-order valence-electron chi connectivity index (χ2n) is 24.7. The van der Waals surface area contributed by atoms with Gasteiger partial charge in [-0.15, -0.1) is 0 Å². The van der Waals surface area contributed by atoms with E-state index in [0.717, 1.165) is 57.6 Å². The molecule has 2 aromatic heterocycles. The number of amides is 5. The molecule has 6 heterocycles. The predicted octanol–water partition coefficient (Wildman–Crippen LogP) is 10.2. The van der Waals surface area contributed by atoms with Crippen molar-refractivity contribution in [3.05, 3.63) is 95.8 Å². The van der Waals surface area contributed by atoms with Crippen LogP contribution in [0.15, 0.2) is 73.1 Å². The molecule has 1 unspecified atom stereocenters. The second kappa shape index (κ2) is 20.8. The zero-order valence-corrected chi connectivity index (χ0v) is 46.3. The van der Waals surface area contributed by atoms with Gasteiger partial charge in [-0.2, -0.15) is 0 Å². The van der Waals surface area contributed by atoms with E-state index in [9.17, 15) is 24.0 Å². The summed E-state index contributed by atoms with van der Waals surface area (Å²) in [5, 5.41) is 5.68. The maximum Gasteiger partial charge on any atom is 0.410 e. The average Bonchev–Trinajstić information content (AvgIpc) is 4.31. The standard InChI is InChI=1S/C58H73N9O10/c1-55(2,3)46(63-52(70)76-57(7,8)9)50(68)66-23-13-14-42(66)48-59-27-40(61-48)35-19-15-33(16-20-35)34-17-21-36(22-18-34)41-28-60-49(62-41)43-26-39(31-67(43)51(69)47(56(4,5)6)64-53(71)77-58(10,11)12)75-54(72)65-29-37-24-44-45(74-32-73-44)25-38(37)30-65/h15-22,24-25,27-28,39,42-43,46-47H,13-14,23,26,29-32H2,1-12H3,(H,59,61)(H,60,62)(H,63,70)(H,64,71)/t39-,42+,43+,46?,47-/m1/s1. The minimum absolute atomic E-state index is 0.0778. The first-order chi connectivity index (χ1) is 36.2. The Morgan fingerprint density at radius 3 is 1.52 bits per heavy atom. The van der Waals surface area contributed by atoms with Crippen molar-refractivity contribution in [3.8, 4) is 45.1 Å². The van der Waals surface area contributed by atoms with Gasteiger partial charge in [-0.25, -0.2) is 24.4 Å². The minimum atomic E-state index is -0.981. The number of hydrogen-bond donors (Lipinski definition) is 4. The number of alkyl carbamates (subject to hydrolysis) is 2. The number of aromatic nitrogens is 4. The number of likely N-dealkylation sites (tertiary alicyclic amines) is 2. The van der Waals surface area contributed by atoms with E-state index in [1.807, 2.05) is 95.0 Å². The number of nitrogens with zero attached hydrogens (tertiary/aromatic N) is 5. The van der Waals surface area contributed by atoms with Gasteiger partial charge in [-0.05, 0) is 111 Å². The highest BCUT2D eigenvalue weighted by Gasteiger charge is 2.47. The van der Waals surface area contributed by atoms with E-state index in [-0.39, 0.29) is 37.6 Å². The van der Waals surface area contributed by atoms with E-state index in [1.54, 1.807) is 63.7 Å². The largest absolute Gasteiger partial charge is 0.454 e. The molecule has 0 saturated carbocycles. The number of nitrogens with one attached hydrogen (secondary N) is 4. The number of rotatable bonds is 10. The van der Waals surface area contributed by atoms with Crippen LogP contribution in [0.25, 0.3) is 33.6 Å². The summed E-state index contributed by atoms with van der Waals surface area (Å²) in [6.07, 6.45) is 2.82. The molecule has 0 aliphatic carbocycles. The van der Waals surface area contributed by atoms with Crippen molar-refractivity contribution in [1.29, 1.82) is 0 Å². The molecule has 410 valence electrons. The Hall–Kier alpha value is -7.57. The lowest BCUT2D eigenvalue weighted by atomic mass is 9.85. The molecule has 4 aliphatic heterocycles. The summed E-state index contributed by atoms with van der Waals surface area (Å²) < 4.78 is 28.4. The minimum Gasteiger partial charge on any atom is -0.454 e. The molecule has 0 bridgehead atoms. The van der Waals surface area contributed by atoms with Gasteiger partial charge in [0, 0.05) is 26.1 Å². The maximum atomic E-state index is 14.8. The van der Waals surface area contributed by atoms with Gasteiger partial charge in [0.1, 0.15) is 41.0 Å². The van der Waals surface area contributed by atoms with Crippen LogP contribution in [0.1, 0.15) is 137 Å². The Bertz CT molecular complexity index is 2980. The molecule has 4 aliphatic rings. The predicted molar refractivity (Wildman–Crippen MR) is 287 cm³/mol. The van der Waals surface area contributed by atoms with Gasteiger partial charge in [0.05, 0.1) is 42.4 Å². The van der Waals surface area contributed by atoms with Crippen molar-refractivity contribution in [2.24, 2.45) is 10.8 Å². The molecular weight excluding hydrogens is 983 g/mol. The SMILES string of the molecule is CC(C)(C)OC(=O)NC(C(=O)N1CCC[C@H]1c1ncc(-c2ccc(-c3ccc(-c4cnc([C@@H]5C[C@@H](OC(=O)N6Cc7cc8c(cc7C6)OCO8)CN5C(=O)[C@@H](NC(=O)OC(C)(C)C)C(C)(C)C)[nH]4)cc3)cc2)[nH]1)C(C)(C)C. The molecule has 19 nitrogen and oxygen atoms in total.